The summed E-state index contributed by atoms with van der Waals surface area (Å²) >= 11 is 5.85. The first kappa shape index (κ1) is 17.2. The third-order valence-corrected chi connectivity index (χ3v) is 6.43. The molecule has 0 bridgehead atoms. The summed E-state index contributed by atoms with van der Waals surface area (Å²) in [7, 11) is -0.0841. The number of likely N-dealkylation sites (tertiary alicyclic amines) is 1. The molecule has 1 aromatic carbocycles. The summed E-state index contributed by atoms with van der Waals surface area (Å²) in [6.07, 6.45) is 0.781. The van der Waals surface area contributed by atoms with Crippen LogP contribution in [0.15, 0.2) is 23.1 Å². The number of piperidine rings is 1. The van der Waals surface area contributed by atoms with E-state index >= 15 is 0 Å². The van der Waals surface area contributed by atoms with Crippen LogP contribution in [-0.2, 0) is 10.0 Å². The Morgan fingerprint density at radius 2 is 2.14 bits per heavy atom. The first-order valence-electron chi connectivity index (χ1n) is 7.13. The molecule has 0 radical (unpaired) electrons. The topological polar surface area (TPSA) is 64.4 Å². The quantitative estimate of drug-likeness (QED) is 0.845. The fourth-order valence-corrected chi connectivity index (χ4v) is 4.80. The van der Waals surface area contributed by atoms with E-state index in [4.69, 9.17) is 11.6 Å². The average Bonchev–Trinajstić information content (AvgIpc) is 2.46. The number of halogens is 1. The lowest BCUT2D eigenvalue weighted by molar-refractivity contribution is 0.139. The number of nitrogens with zero attached hydrogens (tertiary/aromatic N) is 3. The second-order valence-corrected chi connectivity index (χ2v) is 8.27. The lowest BCUT2D eigenvalue weighted by Crippen LogP contribution is -2.49. The third kappa shape index (κ3) is 3.28. The summed E-state index contributed by atoms with van der Waals surface area (Å²) in [5.41, 5.74) is 0.0833. The fraction of sp³-hybridized carbons (Fsp3) is 0.533. The molecule has 1 saturated heterocycles. The highest BCUT2D eigenvalue weighted by Crippen LogP contribution is 2.28. The summed E-state index contributed by atoms with van der Waals surface area (Å²) in [5.74, 6) is 0.233. The van der Waals surface area contributed by atoms with Gasteiger partial charge in [-0.05, 0) is 44.1 Å². The molecule has 1 aromatic rings. The summed E-state index contributed by atoms with van der Waals surface area (Å²) in [4.78, 5) is 2.22. The van der Waals surface area contributed by atoms with E-state index in [1.165, 1.54) is 22.5 Å². The Bertz CT molecular complexity index is 699. The lowest BCUT2D eigenvalue weighted by atomic mass is 9.94. The van der Waals surface area contributed by atoms with Crippen molar-refractivity contribution < 1.29 is 8.42 Å². The van der Waals surface area contributed by atoms with Gasteiger partial charge in [-0.3, -0.25) is 0 Å². The van der Waals surface area contributed by atoms with Gasteiger partial charge in [-0.25, -0.2) is 8.42 Å². The van der Waals surface area contributed by atoms with Gasteiger partial charge in [0, 0.05) is 24.7 Å². The Kier molecular flexibility index (Phi) is 5.13. The van der Waals surface area contributed by atoms with Gasteiger partial charge in [-0.1, -0.05) is 18.5 Å². The third-order valence-electron chi connectivity index (χ3n) is 4.25. The maximum Gasteiger partial charge on any atom is 0.244 e. The smallest absolute Gasteiger partial charge is 0.244 e. The molecule has 2 atom stereocenters. The number of rotatable bonds is 3. The summed E-state index contributed by atoms with van der Waals surface area (Å²) in [6, 6.07) is 6.15. The fourth-order valence-electron chi connectivity index (χ4n) is 3.03. The normalized spacial score (nSPS) is 23.5. The van der Waals surface area contributed by atoms with E-state index in [2.05, 4.69) is 11.8 Å². The summed E-state index contributed by atoms with van der Waals surface area (Å²) < 4.78 is 27.1. The minimum Gasteiger partial charge on any atom is -0.306 e. The predicted octanol–water partition coefficient (Wildman–Crippen LogP) is 2.17. The minimum atomic E-state index is -3.71. The highest BCUT2D eigenvalue weighted by atomic mass is 35.5. The van der Waals surface area contributed by atoms with Crippen molar-refractivity contribution in [2.45, 2.75) is 24.3 Å². The molecule has 0 aromatic heterocycles. The van der Waals surface area contributed by atoms with Crippen LogP contribution in [0.25, 0.3) is 0 Å². The zero-order valence-corrected chi connectivity index (χ0v) is 14.5. The van der Waals surface area contributed by atoms with E-state index in [0.717, 1.165) is 19.5 Å². The van der Waals surface area contributed by atoms with Crippen molar-refractivity contribution in [1.82, 2.24) is 9.21 Å². The molecule has 2 rings (SSSR count). The zero-order chi connectivity index (χ0) is 16.5. The van der Waals surface area contributed by atoms with Crippen LogP contribution in [0.3, 0.4) is 0 Å². The molecule has 120 valence electrons. The average molecular weight is 342 g/mol. The van der Waals surface area contributed by atoms with E-state index in [-0.39, 0.29) is 22.4 Å². The first-order chi connectivity index (χ1) is 10.3. The molecule has 1 heterocycles. The van der Waals surface area contributed by atoms with E-state index < -0.39 is 10.0 Å². The Hall–Kier alpha value is -1.13. The molecule has 0 saturated carbocycles. The molecule has 7 heteroatoms. The Labute approximate surface area is 137 Å². The molecule has 0 amide bonds. The predicted molar refractivity (Wildman–Crippen MR) is 86.2 cm³/mol. The van der Waals surface area contributed by atoms with Gasteiger partial charge in [-0.2, -0.15) is 9.57 Å². The molecular formula is C15H20ClN3O2S. The van der Waals surface area contributed by atoms with Crippen LogP contribution in [0.5, 0.6) is 0 Å². The van der Waals surface area contributed by atoms with Gasteiger partial charge < -0.3 is 4.90 Å². The number of benzene rings is 1. The monoisotopic (exact) mass is 341 g/mol. The van der Waals surface area contributed by atoms with Crippen molar-refractivity contribution in [3.8, 4) is 6.07 Å². The highest BCUT2D eigenvalue weighted by Gasteiger charge is 2.35. The summed E-state index contributed by atoms with van der Waals surface area (Å²) in [5, 5.41) is 9.54. The maximum atomic E-state index is 12.9. The van der Waals surface area contributed by atoms with Gasteiger partial charge in [0.1, 0.15) is 11.0 Å². The van der Waals surface area contributed by atoms with Crippen molar-refractivity contribution in [2.75, 3.05) is 27.2 Å². The molecular weight excluding hydrogens is 322 g/mol. The van der Waals surface area contributed by atoms with Crippen LogP contribution in [0, 0.1) is 17.2 Å². The van der Waals surface area contributed by atoms with Crippen LogP contribution >= 0.6 is 11.6 Å². The number of hydrogen-bond acceptors (Lipinski definition) is 4. The molecule has 0 unspecified atom stereocenters. The molecule has 1 aliphatic rings. The standard InChI is InChI=1S/C15H20ClN3O2S/c1-11-10-18(2)7-6-14(11)19(3)22(20,21)15-5-4-13(16)8-12(15)9-17/h4-5,8,11,14H,6-7,10H2,1-3H3/t11-,14-/m0/s1. The van der Waals surface area contributed by atoms with Crippen molar-refractivity contribution in [3.63, 3.8) is 0 Å². The van der Waals surface area contributed by atoms with E-state index in [0.29, 0.717) is 5.02 Å². The van der Waals surface area contributed by atoms with Crippen molar-refractivity contribution in [1.29, 1.82) is 5.26 Å². The van der Waals surface area contributed by atoms with Crippen LogP contribution in [0.1, 0.15) is 18.9 Å². The first-order valence-corrected chi connectivity index (χ1v) is 8.95. The van der Waals surface area contributed by atoms with Crippen molar-refractivity contribution in [3.05, 3.63) is 28.8 Å². The van der Waals surface area contributed by atoms with Crippen LogP contribution in [-0.4, -0.2) is 50.8 Å². The van der Waals surface area contributed by atoms with Crippen molar-refractivity contribution in [2.24, 2.45) is 5.92 Å². The molecule has 1 fully saturated rings. The van der Waals surface area contributed by atoms with Gasteiger partial charge in [-0.15, -0.1) is 0 Å². The molecule has 1 aliphatic heterocycles. The number of hydrogen-bond donors (Lipinski definition) is 0. The lowest BCUT2D eigenvalue weighted by Gasteiger charge is -2.39. The van der Waals surface area contributed by atoms with Gasteiger partial charge in [0.05, 0.1) is 5.56 Å². The molecule has 0 spiro atoms. The Morgan fingerprint density at radius 3 is 2.73 bits per heavy atom. The van der Waals surface area contributed by atoms with Gasteiger partial charge >= 0.3 is 0 Å². The van der Waals surface area contributed by atoms with Crippen LogP contribution < -0.4 is 0 Å². The Balaban J connectivity index is 2.36. The van der Waals surface area contributed by atoms with E-state index in [1.54, 1.807) is 7.05 Å². The second-order valence-electron chi connectivity index (χ2n) is 5.87. The minimum absolute atomic E-state index is 0.0213. The molecule has 0 N–H and O–H groups in total. The Morgan fingerprint density at radius 1 is 1.45 bits per heavy atom. The molecule has 22 heavy (non-hydrogen) atoms. The van der Waals surface area contributed by atoms with Crippen LogP contribution in [0.2, 0.25) is 5.02 Å². The van der Waals surface area contributed by atoms with E-state index in [1.807, 2.05) is 13.1 Å². The molecule has 0 aliphatic carbocycles. The largest absolute Gasteiger partial charge is 0.306 e. The maximum absolute atomic E-state index is 12.9. The SMILES string of the molecule is C[C@H]1CN(C)CC[C@@H]1N(C)S(=O)(=O)c1ccc(Cl)cc1C#N. The molecule has 5 nitrogen and oxygen atoms in total. The van der Waals surface area contributed by atoms with E-state index in [9.17, 15) is 13.7 Å². The zero-order valence-electron chi connectivity index (χ0n) is 13.0. The van der Waals surface area contributed by atoms with Crippen LogP contribution in [0.4, 0.5) is 0 Å². The van der Waals surface area contributed by atoms with Gasteiger partial charge in [0.15, 0.2) is 0 Å². The number of sulfonamides is 1. The van der Waals surface area contributed by atoms with Gasteiger partial charge in [0.2, 0.25) is 10.0 Å². The highest BCUT2D eigenvalue weighted by molar-refractivity contribution is 7.89. The van der Waals surface area contributed by atoms with Crippen molar-refractivity contribution >= 4 is 21.6 Å². The number of nitriles is 1. The van der Waals surface area contributed by atoms with Gasteiger partial charge in [0.25, 0.3) is 0 Å². The summed E-state index contributed by atoms with van der Waals surface area (Å²) in [6.45, 7) is 3.77. The second kappa shape index (κ2) is 6.55.